The van der Waals surface area contributed by atoms with E-state index in [-0.39, 0.29) is 18.4 Å². The number of benzene rings is 1. The van der Waals surface area contributed by atoms with Crippen LogP contribution in [0.1, 0.15) is 12.0 Å². The number of hydrogen-bond acceptors (Lipinski definition) is 3. The highest BCUT2D eigenvalue weighted by Gasteiger charge is 2.25. The molecule has 19 heavy (non-hydrogen) atoms. The van der Waals surface area contributed by atoms with E-state index in [1.54, 1.807) is 0 Å². The molecule has 1 saturated heterocycles. The smallest absolute Gasteiger partial charge is 0.240 e. The Kier molecular flexibility index (Phi) is 4.52. The summed E-state index contributed by atoms with van der Waals surface area (Å²) >= 11 is 0. The molecule has 1 unspecified atom stereocenters. The largest absolute Gasteiger partial charge is 0.353 e. The first-order valence-corrected chi connectivity index (χ1v) is 6.52. The number of carbonyl (C=O) groups excluding carboxylic acids is 2. The Morgan fingerprint density at radius 2 is 2.11 bits per heavy atom. The summed E-state index contributed by atoms with van der Waals surface area (Å²) in [6.07, 6.45) is 1.37. The zero-order valence-electron chi connectivity index (χ0n) is 10.8. The number of carbonyl (C=O) groups is 2. The molecular formula is C14H19N3O2. The van der Waals surface area contributed by atoms with Gasteiger partial charge in [-0.3, -0.25) is 9.59 Å². The predicted molar refractivity (Wildman–Crippen MR) is 72.3 cm³/mol. The lowest BCUT2D eigenvalue weighted by Crippen LogP contribution is -2.54. The van der Waals surface area contributed by atoms with Crippen LogP contribution >= 0.6 is 0 Å². The van der Waals surface area contributed by atoms with Crippen molar-refractivity contribution >= 4 is 11.8 Å². The Bertz CT molecular complexity index is 447. The van der Waals surface area contributed by atoms with E-state index < -0.39 is 6.04 Å². The van der Waals surface area contributed by atoms with Crippen molar-refractivity contribution in [3.05, 3.63) is 35.9 Å². The van der Waals surface area contributed by atoms with Crippen LogP contribution in [0.4, 0.5) is 0 Å². The molecule has 0 bridgehead atoms. The fourth-order valence-electron chi connectivity index (χ4n) is 2.15. The summed E-state index contributed by atoms with van der Waals surface area (Å²) in [5.41, 5.74) is 7.09. The van der Waals surface area contributed by atoms with Crippen LogP contribution in [0.5, 0.6) is 0 Å². The third-order valence-corrected chi connectivity index (χ3v) is 3.25. The molecule has 1 aromatic rings. The highest BCUT2D eigenvalue weighted by atomic mass is 16.2. The fraction of sp³-hybridized carbons (Fsp3) is 0.429. The maximum absolute atomic E-state index is 12.1. The van der Waals surface area contributed by atoms with Crippen LogP contribution in [0.15, 0.2) is 30.3 Å². The predicted octanol–water partition coefficient (Wildman–Crippen LogP) is -0.0951. The number of nitrogens with zero attached hydrogens (tertiary/aromatic N) is 1. The molecule has 1 aromatic carbocycles. The number of piperazine rings is 1. The van der Waals surface area contributed by atoms with E-state index in [0.29, 0.717) is 19.5 Å². The van der Waals surface area contributed by atoms with E-state index in [1.807, 2.05) is 30.3 Å². The molecule has 0 spiro atoms. The molecule has 1 fully saturated rings. The molecule has 2 rings (SSSR count). The highest BCUT2D eigenvalue weighted by molar-refractivity contribution is 5.88. The molecule has 0 aliphatic carbocycles. The number of aryl methyl sites for hydroxylation is 1. The third-order valence-electron chi connectivity index (χ3n) is 3.25. The third kappa shape index (κ3) is 3.79. The molecule has 1 atom stereocenters. The molecule has 0 saturated carbocycles. The van der Waals surface area contributed by atoms with Crippen molar-refractivity contribution in [3.63, 3.8) is 0 Å². The maximum Gasteiger partial charge on any atom is 0.240 e. The van der Waals surface area contributed by atoms with Crippen molar-refractivity contribution in [2.45, 2.75) is 18.9 Å². The first-order chi connectivity index (χ1) is 9.16. The SMILES string of the molecule is NC(CCc1ccccc1)C(=O)N1CCNC(=O)C1. The van der Waals surface area contributed by atoms with Crippen molar-refractivity contribution in [2.75, 3.05) is 19.6 Å². The Balaban J connectivity index is 1.83. The van der Waals surface area contributed by atoms with Crippen LogP contribution in [-0.4, -0.2) is 42.4 Å². The van der Waals surface area contributed by atoms with Crippen LogP contribution in [-0.2, 0) is 16.0 Å². The van der Waals surface area contributed by atoms with E-state index in [1.165, 1.54) is 10.5 Å². The van der Waals surface area contributed by atoms with E-state index in [0.717, 1.165) is 6.42 Å². The first kappa shape index (κ1) is 13.5. The minimum atomic E-state index is -0.536. The molecule has 1 aliphatic rings. The molecule has 0 radical (unpaired) electrons. The summed E-state index contributed by atoms with van der Waals surface area (Å²) in [6, 6.07) is 9.40. The minimum absolute atomic E-state index is 0.116. The lowest BCUT2D eigenvalue weighted by molar-refractivity contribution is -0.139. The Morgan fingerprint density at radius 3 is 2.79 bits per heavy atom. The Morgan fingerprint density at radius 1 is 1.37 bits per heavy atom. The monoisotopic (exact) mass is 261 g/mol. The van der Waals surface area contributed by atoms with Gasteiger partial charge in [-0.15, -0.1) is 0 Å². The number of rotatable bonds is 4. The second kappa shape index (κ2) is 6.33. The summed E-state index contributed by atoms with van der Waals surface area (Å²) in [5.74, 6) is -0.249. The van der Waals surface area contributed by atoms with Gasteiger partial charge in [0.25, 0.3) is 0 Å². The number of nitrogens with two attached hydrogens (primary N) is 1. The van der Waals surface area contributed by atoms with Gasteiger partial charge in [-0.05, 0) is 18.4 Å². The average molecular weight is 261 g/mol. The number of nitrogens with one attached hydrogen (secondary N) is 1. The summed E-state index contributed by atoms with van der Waals surface area (Å²) in [4.78, 5) is 24.9. The highest BCUT2D eigenvalue weighted by Crippen LogP contribution is 2.06. The lowest BCUT2D eigenvalue weighted by Gasteiger charge is -2.28. The van der Waals surface area contributed by atoms with Crippen molar-refractivity contribution in [1.29, 1.82) is 0 Å². The number of hydrogen-bond donors (Lipinski definition) is 2. The van der Waals surface area contributed by atoms with Crippen molar-refractivity contribution in [1.82, 2.24) is 10.2 Å². The average Bonchev–Trinajstić information content (AvgIpc) is 2.45. The summed E-state index contributed by atoms with van der Waals surface area (Å²) in [5, 5.41) is 2.69. The van der Waals surface area contributed by atoms with Gasteiger partial charge in [-0.2, -0.15) is 0 Å². The van der Waals surface area contributed by atoms with Gasteiger partial charge >= 0.3 is 0 Å². The standard InChI is InChI=1S/C14H19N3O2/c15-12(7-6-11-4-2-1-3-5-11)14(19)17-9-8-16-13(18)10-17/h1-5,12H,6-10,15H2,(H,16,18). The molecule has 0 aromatic heterocycles. The van der Waals surface area contributed by atoms with Gasteiger partial charge in [0.05, 0.1) is 12.6 Å². The summed E-state index contributed by atoms with van der Waals surface area (Å²) in [6.45, 7) is 1.18. The van der Waals surface area contributed by atoms with E-state index in [2.05, 4.69) is 5.32 Å². The quantitative estimate of drug-likeness (QED) is 0.795. The maximum atomic E-state index is 12.1. The van der Waals surface area contributed by atoms with Gasteiger partial charge in [-0.1, -0.05) is 30.3 Å². The van der Waals surface area contributed by atoms with E-state index in [4.69, 9.17) is 5.73 Å². The minimum Gasteiger partial charge on any atom is -0.353 e. The topological polar surface area (TPSA) is 75.4 Å². The van der Waals surface area contributed by atoms with Crippen molar-refractivity contribution in [2.24, 2.45) is 5.73 Å². The van der Waals surface area contributed by atoms with Gasteiger partial charge in [0, 0.05) is 13.1 Å². The second-order valence-electron chi connectivity index (χ2n) is 4.74. The molecule has 102 valence electrons. The summed E-state index contributed by atoms with van der Waals surface area (Å²) < 4.78 is 0. The first-order valence-electron chi connectivity index (χ1n) is 6.52. The second-order valence-corrected chi connectivity index (χ2v) is 4.74. The van der Waals surface area contributed by atoms with Gasteiger partial charge in [-0.25, -0.2) is 0 Å². The zero-order valence-corrected chi connectivity index (χ0v) is 10.8. The Hall–Kier alpha value is -1.88. The van der Waals surface area contributed by atoms with Crippen molar-refractivity contribution in [3.8, 4) is 0 Å². The molecule has 2 amide bonds. The van der Waals surface area contributed by atoms with Crippen LogP contribution in [0.3, 0.4) is 0 Å². The molecular weight excluding hydrogens is 242 g/mol. The van der Waals surface area contributed by atoms with Gasteiger partial charge < -0.3 is 16.0 Å². The van der Waals surface area contributed by atoms with Crippen molar-refractivity contribution < 1.29 is 9.59 Å². The van der Waals surface area contributed by atoms with Gasteiger partial charge in [0.2, 0.25) is 11.8 Å². The van der Waals surface area contributed by atoms with Gasteiger partial charge in [0.1, 0.15) is 0 Å². The van der Waals surface area contributed by atoms with E-state index in [9.17, 15) is 9.59 Å². The molecule has 1 aliphatic heterocycles. The van der Waals surface area contributed by atoms with E-state index >= 15 is 0 Å². The Labute approximate surface area is 112 Å². The van der Waals surface area contributed by atoms with Crippen LogP contribution in [0.2, 0.25) is 0 Å². The van der Waals surface area contributed by atoms with Gasteiger partial charge in [0.15, 0.2) is 0 Å². The molecule has 3 N–H and O–H groups in total. The lowest BCUT2D eigenvalue weighted by atomic mass is 10.0. The van der Waals surface area contributed by atoms with Crippen LogP contribution in [0.25, 0.3) is 0 Å². The zero-order chi connectivity index (χ0) is 13.7. The fourth-order valence-corrected chi connectivity index (χ4v) is 2.15. The molecule has 5 nitrogen and oxygen atoms in total. The molecule has 5 heteroatoms. The molecule has 1 heterocycles. The van der Waals surface area contributed by atoms with Crippen LogP contribution in [0, 0.1) is 0 Å². The van der Waals surface area contributed by atoms with Crippen LogP contribution < -0.4 is 11.1 Å². The summed E-state index contributed by atoms with van der Waals surface area (Å²) in [7, 11) is 0. The normalized spacial score (nSPS) is 16.9. The number of amides is 2.